The van der Waals surface area contributed by atoms with Gasteiger partial charge < -0.3 is 4.74 Å². The zero-order valence-electron chi connectivity index (χ0n) is 9.91. The van der Waals surface area contributed by atoms with Gasteiger partial charge in [-0.1, -0.05) is 12.5 Å². The number of hydrogen-bond acceptors (Lipinski definition) is 3. The van der Waals surface area contributed by atoms with Crippen molar-refractivity contribution in [2.75, 3.05) is 6.61 Å². The van der Waals surface area contributed by atoms with Gasteiger partial charge in [-0.25, -0.2) is 4.79 Å². The van der Waals surface area contributed by atoms with Crippen LogP contribution in [0.2, 0.25) is 0 Å². The zero-order chi connectivity index (χ0) is 11.8. The Hall–Kier alpha value is -1.12. The molecule has 1 fully saturated rings. The van der Waals surface area contributed by atoms with Crippen LogP contribution in [0, 0.1) is 5.92 Å². The normalized spacial score (nSPS) is 21.3. The summed E-state index contributed by atoms with van der Waals surface area (Å²) in [7, 11) is 0. The maximum absolute atomic E-state index is 11.5. The summed E-state index contributed by atoms with van der Waals surface area (Å²) in [4.78, 5) is 22.5. The van der Waals surface area contributed by atoms with Crippen LogP contribution >= 0.6 is 0 Å². The molecule has 3 nitrogen and oxygen atoms in total. The molecule has 90 valence electrons. The van der Waals surface area contributed by atoms with Gasteiger partial charge >= 0.3 is 5.97 Å². The van der Waals surface area contributed by atoms with E-state index in [1.807, 2.05) is 0 Å². The first-order valence-electron chi connectivity index (χ1n) is 6.10. The molecular weight excluding hydrogens is 204 g/mol. The van der Waals surface area contributed by atoms with Gasteiger partial charge in [-0.15, -0.1) is 0 Å². The molecule has 0 aromatic carbocycles. The Morgan fingerprint density at radius 2 is 2.31 bits per heavy atom. The van der Waals surface area contributed by atoms with Crippen LogP contribution in [0.15, 0.2) is 12.2 Å². The fraction of sp³-hybridized carbons (Fsp3) is 0.692. The van der Waals surface area contributed by atoms with Crippen LogP contribution in [0.5, 0.6) is 0 Å². The molecule has 3 heteroatoms. The van der Waals surface area contributed by atoms with Gasteiger partial charge in [-0.2, -0.15) is 0 Å². The summed E-state index contributed by atoms with van der Waals surface area (Å²) >= 11 is 0. The molecule has 0 aromatic rings. The summed E-state index contributed by atoms with van der Waals surface area (Å²) < 4.78 is 4.76. The predicted molar refractivity (Wildman–Crippen MR) is 62.0 cm³/mol. The molecule has 1 aliphatic carbocycles. The Labute approximate surface area is 96.9 Å². The number of carbonyl (C=O) groups excluding carboxylic acids is 2. The second-order valence-electron chi connectivity index (χ2n) is 4.14. The second-order valence-corrected chi connectivity index (χ2v) is 4.14. The minimum Gasteiger partial charge on any atom is -0.463 e. The summed E-state index contributed by atoms with van der Waals surface area (Å²) in [5.74, 6) is 0.328. The molecule has 0 radical (unpaired) electrons. The fourth-order valence-electron chi connectivity index (χ4n) is 2.03. The van der Waals surface area contributed by atoms with Crippen LogP contribution in [0.4, 0.5) is 0 Å². The number of ketones is 1. The highest BCUT2D eigenvalue weighted by Gasteiger charge is 2.20. The predicted octanol–water partition coefficient (Wildman–Crippen LogP) is 2.65. The summed E-state index contributed by atoms with van der Waals surface area (Å²) in [5, 5.41) is 0. The van der Waals surface area contributed by atoms with Crippen molar-refractivity contribution in [3.05, 3.63) is 12.2 Å². The molecule has 0 saturated heterocycles. The summed E-state index contributed by atoms with van der Waals surface area (Å²) in [5.41, 5.74) is 0. The highest BCUT2D eigenvalue weighted by molar-refractivity contribution is 5.82. The molecule has 0 N–H and O–H groups in total. The Morgan fingerprint density at radius 1 is 1.50 bits per heavy atom. The van der Waals surface area contributed by atoms with Crippen LogP contribution in [0.1, 0.15) is 45.4 Å². The summed E-state index contributed by atoms with van der Waals surface area (Å²) in [6, 6.07) is 0. The minimum atomic E-state index is -0.294. The molecule has 0 spiro atoms. The Kier molecular flexibility index (Phi) is 5.83. The highest BCUT2D eigenvalue weighted by atomic mass is 16.5. The summed E-state index contributed by atoms with van der Waals surface area (Å²) in [6.07, 6.45) is 8.89. The third-order valence-electron chi connectivity index (χ3n) is 2.90. The van der Waals surface area contributed by atoms with E-state index in [1.54, 1.807) is 13.0 Å². The Morgan fingerprint density at radius 3 is 3.00 bits per heavy atom. The third-order valence-corrected chi connectivity index (χ3v) is 2.90. The van der Waals surface area contributed by atoms with E-state index in [0.717, 1.165) is 38.5 Å². The molecular formula is C13H20O3. The molecule has 1 atom stereocenters. The lowest BCUT2D eigenvalue weighted by Gasteiger charge is -2.19. The first kappa shape index (κ1) is 12.9. The number of ether oxygens (including phenoxy) is 1. The van der Waals surface area contributed by atoms with Crippen molar-refractivity contribution in [3.63, 3.8) is 0 Å². The van der Waals surface area contributed by atoms with Gasteiger partial charge in [0.1, 0.15) is 5.78 Å². The molecule has 1 rings (SSSR count). The number of carbonyl (C=O) groups is 2. The molecule has 0 heterocycles. The smallest absolute Gasteiger partial charge is 0.330 e. The Balaban J connectivity index is 2.19. The van der Waals surface area contributed by atoms with Crippen LogP contribution in [0.3, 0.4) is 0 Å². The first-order valence-corrected chi connectivity index (χ1v) is 6.10. The topological polar surface area (TPSA) is 43.4 Å². The average Bonchev–Trinajstić information content (AvgIpc) is 2.27. The zero-order valence-corrected chi connectivity index (χ0v) is 9.91. The molecule has 0 aliphatic heterocycles. The maximum Gasteiger partial charge on any atom is 0.330 e. The number of rotatable bonds is 5. The van der Waals surface area contributed by atoms with E-state index in [2.05, 4.69) is 0 Å². The van der Waals surface area contributed by atoms with Gasteiger partial charge in [-0.05, 0) is 32.6 Å². The highest BCUT2D eigenvalue weighted by Crippen LogP contribution is 2.24. The van der Waals surface area contributed by atoms with Crippen LogP contribution in [0.25, 0.3) is 0 Å². The largest absolute Gasteiger partial charge is 0.463 e. The molecule has 0 bridgehead atoms. The van der Waals surface area contributed by atoms with E-state index in [4.69, 9.17) is 4.74 Å². The third kappa shape index (κ3) is 4.60. The standard InChI is InChI=1S/C13H20O3/c1-2-16-13(15)10-6-4-8-11-7-3-5-9-12(11)14/h6,10-11H,2-5,7-9H2,1H3/b10-6+. The lowest BCUT2D eigenvalue weighted by Crippen LogP contribution is -2.18. The average molecular weight is 224 g/mol. The monoisotopic (exact) mass is 224 g/mol. The van der Waals surface area contributed by atoms with Crippen molar-refractivity contribution in [3.8, 4) is 0 Å². The molecule has 0 aromatic heterocycles. The second kappa shape index (κ2) is 7.20. The van der Waals surface area contributed by atoms with Crippen molar-refractivity contribution in [1.29, 1.82) is 0 Å². The maximum atomic E-state index is 11.5. The van der Waals surface area contributed by atoms with Gasteiger partial charge in [0.2, 0.25) is 0 Å². The molecule has 1 saturated carbocycles. The van der Waals surface area contributed by atoms with E-state index < -0.39 is 0 Å². The van der Waals surface area contributed by atoms with Crippen molar-refractivity contribution < 1.29 is 14.3 Å². The lowest BCUT2D eigenvalue weighted by atomic mass is 9.85. The van der Waals surface area contributed by atoms with E-state index >= 15 is 0 Å². The van der Waals surface area contributed by atoms with Crippen LogP contribution < -0.4 is 0 Å². The van der Waals surface area contributed by atoms with E-state index in [9.17, 15) is 9.59 Å². The van der Waals surface area contributed by atoms with E-state index in [0.29, 0.717) is 12.4 Å². The fourth-order valence-corrected chi connectivity index (χ4v) is 2.03. The van der Waals surface area contributed by atoms with Crippen molar-refractivity contribution in [1.82, 2.24) is 0 Å². The number of esters is 1. The van der Waals surface area contributed by atoms with Gasteiger partial charge in [0, 0.05) is 18.4 Å². The van der Waals surface area contributed by atoms with Crippen LogP contribution in [-0.2, 0) is 14.3 Å². The molecule has 0 amide bonds. The quantitative estimate of drug-likeness (QED) is 0.532. The molecule has 1 unspecified atom stereocenters. The van der Waals surface area contributed by atoms with Crippen molar-refractivity contribution >= 4 is 11.8 Å². The molecule has 1 aliphatic rings. The van der Waals surface area contributed by atoms with Crippen molar-refractivity contribution in [2.45, 2.75) is 45.4 Å². The lowest BCUT2D eigenvalue weighted by molar-refractivity contribution is -0.137. The van der Waals surface area contributed by atoms with E-state index in [1.165, 1.54) is 6.08 Å². The number of hydrogen-bond donors (Lipinski definition) is 0. The first-order chi connectivity index (χ1) is 7.74. The van der Waals surface area contributed by atoms with Gasteiger partial charge in [0.25, 0.3) is 0 Å². The number of allylic oxidation sites excluding steroid dienone is 1. The van der Waals surface area contributed by atoms with Gasteiger partial charge in [-0.3, -0.25) is 4.79 Å². The van der Waals surface area contributed by atoms with Gasteiger partial charge in [0.05, 0.1) is 6.61 Å². The van der Waals surface area contributed by atoms with Crippen LogP contribution in [-0.4, -0.2) is 18.4 Å². The number of Topliss-reactive ketones (excluding diaryl/α,β-unsaturated/α-hetero) is 1. The molecule has 16 heavy (non-hydrogen) atoms. The Bertz CT molecular complexity index is 268. The van der Waals surface area contributed by atoms with E-state index in [-0.39, 0.29) is 11.9 Å². The minimum absolute atomic E-state index is 0.223. The van der Waals surface area contributed by atoms with Gasteiger partial charge in [0.15, 0.2) is 0 Å². The summed E-state index contributed by atoms with van der Waals surface area (Å²) in [6.45, 7) is 2.19. The van der Waals surface area contributed by atoms with Crippen molar-refractivity contribution in [2.24, 2.45) is 5.92 Å². The SMILES string of the molecule is CCOC(=O)/C=C/CCC1CCCCC1=O.